The van der Waals surface area contributed by atoms with E-state index in [0.717, 1.165) is 5.69 Å². The lowest BCUT2D eigenvalue weighted by Crippen LogP contribution is -2.06. The number of rotatable bonds is 2. The zero-order chi connectivity index (χ0) is 8.27. The van der Waals surface area contributed by atoms with E-state index in [1.165, 1.54) is 0 Å². The molecular formula is C6H9ClN4. The van der Waals surface area contributed by atoms with Gasteiger partial charge in [0.25, 0.3) is 0 Å². The third-order valence-corrected chi connectivity index (χ3v) is 1.34. The van der Waals surface area contributed by atoms with Crippen molar-refractivity contribution in [2.24, 2.45) is 5.73 Å². The second-order valence-corrected chi connectivity index (χ2v) is 2.43. The summed E-state index contributed by atoms with van der Waals surface area (Å²) in [4.78, 5) is 7.63. The zero-order valence-corrected chi connectivity index (χ0v) is 6.67. The van der Waals surface area contributed by atoms with Crippen LogP contribution in [0, 0.1) is 0 Å². The van der Waals surface area contributed by atoms with Crippen LogP contribution in [0.1, 0.15) is 5.69 Å². The van der Waals surface area contributed by atoms with Gasteiger partial charge in [0.05, 0.1) is 0 Å². The molecule has 1 aromatic rings. The first-order chi connectivity index (χ1) is 5.22. The molecule has 1 aromatic heterocycles. The summed E-state index contributed by atoms with van der Waals surface area (Å²) in [6.45, 7) is 0.535. The lowest BCUT2D eigenvalue weighted by atomic mass is 10.3. The highest BCUT2D eigenvalue weighted by Crippen LogP contribution is 2.06. The van der Waals surface area contributed by atoms with Gasteiger partial charge in [0.1, 0.15) is 5.82 Å². The minimum absolute atomic E-state index is 0.174. The fourth-order valence-corrected chi connectivity index (χ4v) is 0.967. The summed E-state index contributed by atoms with van der Waals surface area (Å²) >= 11 is 5.54. The SMILES string of the molecule is NCCc1cc(N)nc(Cl)n1. The van der Waals surface area contributed by atoms with Crippen molar-refractivity contribution in [3.8, 4) is 0 Å². The van der Waals surface area contributed by atoms with Gasteiger partial charge in [-0.1, -0.05) is 0 Å². The third-order valence-electron chi connectivity index (χ3n) is 1.17. The molecule has 0 saturated carbocycles. The van der Waals surface area contributed by atoms with E-state index < -0.39 is 0 Å². The van der Waals surface area contributed by atoms with Crippen molar-refractivity contribution < 1.29 is 0 Å². The Hall–Kier alpha value is -0.870. The molecule has 0 bridgehead atoms. The summed E-state index contributed by atoms with van der Waals surface area (Å²) in [5.41, 5.74) is 11.5. The molecule has 0 radical (unpaired) electrons. The number of hydrogen-bond acceptors (Lipinski definition) is 4. The van der Waals surface area contributed by atoms with Crippen molar-refractivity contribution in [1.29, 1.82) is 0 Å². The summed E-state index contributed by atoms with van der Waals surface area (Å²) in [5, 5.41) is 0.174. The molecule has 0 fully saturated rings. The molecular weight excluding hydrogens is 164 g/mol. The molecule has 0 unspecified atom stereocenters. The van der Waals surface area contributed by atoms with Crippen LogP contribution in [-0.4, -0.2) is 16.5 Å². The quantitative estimate of drug-likeness (QED) is 0.626. The minimum atomic E-state index is 0.174. The Morgan fingerprint density at radius 1 is 1.45 bits per heavy atom. The highest BCUT2D eigenvalue weighted by Gasteiger charge is 1.98. The number of hydrogen-bond donors (Lipinski definition) is 2. The van der Waals surface area contributed by atoms with Crippen LogP contribution < -0.4 is 11.5 Å². The summed E-state index contributed by atoms with van der Waals surface area (Å²) in [5.74, 6) is 0.383. The Bertz CT molecular complexity index is 230. The Kier molecular flexibility index (Phi) is 2.62. The number of halogens is 1. The Balaban J connectivity index is 2.89. The summed E-state index contributed by atoms with van der Waals surface area (Å²) in [6, 6.07) is 1.67. The average Bonchev–Trinajstić information content (AvgIpc) is 1.85. The molecule has 5 heteroatoms. The van der Waals surface area contributed by atoms with Crippen LogP contribution in [0.2, 0.25) is 5.28 Å². The number of nitrogen functional groups attached to an aromatic ring is 1. The van der Waals surface area contributed by atoms with E-state index in [2.05, 4.69) is 9.97 Å². The van der Waals surface area contributed by atoms with Gasteiger partial charge >= 0.3 is 0 Å². The molecule has 4 N–H and O–H groups in total. The molecule has 4 nitrogen and oxygen atoms in total. The van der Waals surface area contributed by atoms with Crippen molar-refractivity contribution in [2.75, 3.05) is 12.3 Å². The zero-order valence-electron chi connectivity index (χ0n) is 5.92. The van der Waals surface area contributed by atoms with Crippen molar-refractivity contribution in [2.45, 2.75) is 6.42 Å². The molecule has 0 aromatic carbocycles. The van der Waals surface area contributed by atoms with Gasteiger partial charge in [0.2, 0.25) is 5.28 Å². The van der Waals surface area contributed by atoms with Crippen LogP contribution in [-0.2, 0) is 6.42 Å². The van der Waals surface area contributed by atoms with E-state index in [9.17, 15) is 0 Å². The van der Waals surface area contributed by atoms with Crippen molar-refractivity contribution >= 4 is 17.4 Å². The van der Waals surface area contributed by atoms with Gasteiger partial charge in [-0.25, -0.2) is 9.97 Å². The number of aromatic nitrogens is 2. The Labute approximate surface area is 69.6 Å². The van der Waals surface area contributed by atoms with Crippen molar-refractivity contribution in [3.05, 3.63) is 17.0 Å². The highest BCUT2D eigenvalue weighted by atomic mass is 35.5. The van der Waals surface area contributed by atoms with Crippen LogP contribution >= 0.6 is 11.6 Å². The summed E-state index contributed by atoms with van der Waals surface area (Å²) in [6.07, 6.45) is 0.673. The van der Waals surface area contributed by atoms with Crippen LogP contribution in [0.4, 0.5) is 5.82 Å². The second-order valence-electron chi connectivity index (χ2n) is 2.09. The van der Waals surface area contributed by atoms with E-state index in [1.54, 1.807) is 6.07 Å². The van der Waals surface area contributed by atoms with Gasteiger partial charge < -0.3 is 11.5 Å². The number of nitrogens with zero attached hydrogens (tertiary/aromatic N) is 2. The van der Waals surface area contributed by atoms with Crippen molar-refractivity contribution in [1.82, 2.24) is 9.97 Å². The lowest BCUT2D eigenvalue weighted by Gasteiger charge is -1.98. The molecule has 0 atom stereocenters. The van der Waals surface area contributed by atoms with E-state index in [-0.39, 0.29) is 5.28 Å². The molecule has 0 saturated heterocycles. The van der Waals surface area contributed by atoms with Gasteiger partial charge in [-0.2, -0.15) is 0 Å². The highest BCUT2D eigenvalue weighted by molar-refractivity contribution is 6.28. The van der Waals surface area contributed by atoms with Crippen LogP contribution in [0.3, 0.4) is 0 Å². The first-order valence-electron chi connectivity index (χ1n) is 3.21. The standard InChI is InChI=1S/C6H9ClN4/c7-6-10-4(1-2-8)3-5(9)11-6/h3H,1-2,8H2,(H2,9,10,11). The summed E-state index contributed by atoms with van der Waals surface area (Å²) in [7, 11) is 0. The molecule has 1 heterocycles. The van der Waals surface area contributed by atoms with Crippen LogP contribution in [0.25, 0.3) is 0 Å². The fraction of sp³-hybridized carbons (Fsp3) is 0.333. The van der Waals surface area contributed by atoms with E-state index in [4.69, 9.17) is 23.1 Å². The monoisotopic (exact) mass is 172 g/mol. The number of nitrogens with two attached hydrogens (primary N) is 2. The van der Waals surface area contributed by atoms with E-state index in [1.807, 2.05) is 0 Å². The normalized spacial score (nSPS) is 10.0. The van der Waals surface area contributed by atoms with E-state index >= 15 is 0 Å². The predicted octanol–water partition coefficient (Wildman–Crippen LogP) is 0.213. The maximum absolute atomic E-state index is 5.54. The third kappa shape index (κ3) is 2.32. The van der Waals surface area contributed by atoms with Gasteiger partial charge in [-0.05, 0) is 18.1 Å². The predicted molar refractivity (Wildman–Crippen MR) is 44.2 cm³/mol. The first-order valence-corrected chi connectivity index (χ1v) is 3.59. The Morgan fingerprint density at radius 2 is 2.18 bits per heavy atom. The maximum atomic E-state index is 5.54. The van der Waals surface area contributed by atoms with Gasteiger partial charge in [0, 0.05) is 18.2 Å². The van der Waals surface area contributed by atoms with Crippen LogP contribution in [0.15, 0.2) is 6.07 Å². The molecule has 0 aliphatic rings. The minimum Gasteiger partial charge on any atom is -0.384 e. The second kappa shape index (κ2) is 3.50. The molecule has 60 valence electrons. The van der Waals surface area contributed by atoms with Gasteiger partial charge in [-0.3, -0.25) is 0 Å². The number of anilines is 1. The van der Waals surface area contributed by atoms with Gasteiger partial charge in [-0.15, -0.1) is 0 Å². The maximum Gasteiger partial charge on any atom is 0.224 e. The van der Waals surface area contributed by atoms with Crippen LogP contribution in [0.5, 0.6) is 0 Å². The van der Waals surface area contributed by atoms with Crippen molar-refractivity contribution in [3.63, 3.8) is 0 Å². The Morgan fingerprint density at radius 3 is 2.73 bits per heavy atom. The average molecular weight is 173 g/mol. The van der Waals surface area contributed by atoms with Gasteiger partial charge in [0.15, 0.2) is 0 Å². The molecule has 0 aliphatic heterocycles. The fourth-order valence-electron chi connectivity index (χ4n) is 0.761. The largest absolute Gasteiger partial charge is 0.384 e. The molecule has 0 spiro atoms. The molecule has 11 heavy (non-hydrogen) atoms. The molecule has 1 rings (SSSR count). The summed E-state index contributed by atoms with van der Waals surface area (Å²) < 4.78 is 0. The lowest BCUT2D eigenvalue weighted by molar-refractivity contribution is 0.912. The van der Waals surface area contributed by atoms with E-state index in [0.29, 0.717) is 18.8 Å². The first kappa shape index (κ1) is 8.23. The topological polar surface area (TPSA) is 77.8 Å². The smallest absolute Gasteiger partial charge is 0.224 e. The molecule has 0 amide bonds. The molecule has 0 aliphatic carbocycles.